The molecular formula is C4H10Cl5N4P3. The topological polar surface area (TPSA) is 49.1 Å². The zero-order valence-corrected chi connectivity index (χ0v) is 15.0. The molecule has 1 aliphatic heterocycles. The first-order valence-electron chi connectivity index (χ1n) is 4.02. The van der Waals surface area contributed by atoms with Crippen molar-refractivity contribution in [3.63, 3.8) is 0 Å². The van der Waals surface area contributed by atoms with E-state index in [1.165, 1.54) is 0 Å². The van der Waals surface area contributed by atoms with Crippen LogP contribution in [-0.2, 0) is 0 Å². The monoisotopic (exact) mass is 382 g/mol. The molecule has 0 aromatic heterocycles. The summed E-state index contributed by atoms with van der Waals surface area (Å²) in [5.41, 5.74) is -0.304. The standard InChI is InChI=1S/C4H10Cl5N4P3/c1-4(2,3)10-16(9)12-14(5,6)11-15(7,8)13-16/h10H,1-3H3. The smallest absolute Gasteiger partial charge is 0.248 e. The molecule has 0 saturated heterocycles. The third-order valence-electron chi connectivity index (χ3n) is 1.15. The molecule has 0 unspecified atom stereocenters. The highest BCUT2D eigenvalue weighted by atomic mass is 35.9. The number of hydrogen-bond donors (Lipinski definition) is 1. The molecule has 16 heavy (non-hydrogen) atoms. The van der Waals surface area contributed by atoms with Crippen LogP contribution in [0.3, 0.4) is 0 Å². The largest absolute Gasteiger partial charge is 0.257 e. The molecule has 0 aromatic rings. The fourth-order valence-corrected chi connectivity index (χ4v) is 18.9. The van der Waals surface area contributed by atoms with Gasteiger partial charge >= 0.3 is 0 Å². The van der Waals surface area contributed by atoms with Crippen molar-refractivity contribution in [2.45, 2.75) is 26.3 Å². The molecule has 0 amide bonds. The van der Waals surface area contributed by atoms with Gasteiger partial charge in [0, 0.05) is 5.54 Å². The van der Waals surface area contributed by atoms with Crippen LogP contribution in [0, 0.1) is 0 Å². The molecule has 1 aliphatic rings. The van der Waals surface area contributed by atoms with Gasteiger partial charge in [0.15, 0.2) is 0 Å². The Morgan fingerprint density at radius 1 is 0.812 bits per heavy atom. The molecule has 1 rings (SSSR count). The van der Waals surface area contributed by atoms with E-state index in [9.17, 15) is 0 Å². The van der Waals surface area contributed by atoms with E-state index in [4.69, 9.17) is 56.2 Å². The average Bonchev–Trinajstić information content (AvgIpc) is 1.66. The Labute approximate surface area is 119 Å². The summed E-state index contributed by atoms with van der Waals surface area (Å²) >= 11 is 29.9. The molecule has 12 heteroatoms. The van der Waals surface area contributed by atoms with Crippen LogP contribution in [0.15, 0.2) is 13.5 Å². The second-order valence-electron chi connectivity index (χ2n) is 4.07. The van der Waals surface area contributed by atoms with Gasteiger partial charge < -0.3 is 0 Å². The molecule has 1 atom stereocenters. The highest BCUT2D eigenvalue weighted by Crippen LogP contribution is 2.85. The Morgan fingerprint density at radius 3 is 1.62 bits per heavy atom. The van der Waals surface area contributed by atoms with Gasteiger partial charge in [-0.3, -0.25) is 0 Å². The van der Waals surface area contributed by atoms with E-state index in [2.05, 4.69) is 18.6 Å². The van der Waals surface area contributed by atoms with E-state index in [0.717, 1.165) is 0 Å². The zero-order valence-electron chi connectivity index (χ0n) is 8.57. The molecule has 4 nitrogen and oxygen atoms in total. The van der Waals surface area contributed by atoms with Gasteiger partial charge in [-0.1, -0.05) is 0 Å². The summed E-state index contributed by atoms with van der Waals surface area (Å²) in [5, 5.41) is 3.05. The SMILES string of the molecule is CC(C)(C)N[P@]1(Cl)=NP(Cl)(Cl)=NP(Cl)(Cl)=N1. The molecule has 1 heterocycles. The number of halogens is 5. The minimum absolute atomic E-state index is 0.304. The van der Waals surface area contributed by atoms with E-state index >= 15 is 0 Å². The lowest BCUT2D eigenvalue weighted by atomic mass is 10.1. The van der Waals surface area contributed by atoms with Gasteiger partial charge in [-0.2, -0.15) is 13.5 Å². The van der Waals surface area contributed by atoms with E-state index in [-0.39, 0.29) is 5.54 Å². The van der Waals surface area contributed by atoms with Crippen molar-refractivity contribution in [3.8, 4) is 0 Å². The Bertz CT molecular complexity index is 445. The van der Waals surface area contributed by atoms with Crippen molar-refractivity contribution in [1.29, 1.82) is 0 Å². The first-order chi connectivity index (χ1) is 6.83. The molecular weight excluding hydrogens is 374 g/mol. The maximum absolute atomic E-state index is 6.25. The summed E-state index contributed by atoms with van der Waals surface area (Å²) in [5.74, 6) is -5.85. The van der Waals surface area contributed by atoms with Crippen LogP contribution in [-0.4, -0.2) is 5.54 Å². The summed E-state index contributed by atoms with van der Waals surface area (Å²) in [7, 11) is 0. The Balaban J connectivity index is 3.32. The fraction of sp³-hybridized carbons (Fsp3) is 1.00. The molecule has 0 radical (unpaired) electrons. The second-order valence-corrected chi connectivity index (χ2v) is 17.4. The minimum Gasteiger partial charge on any atom is -0.248 e. The fourth-order valence-electron chi connectivity index (χ4n) is 0.940. The first kappa shape index (κ1) is 16.2. The maximum atomic E-state index is 6.25. The van der Waals surface area contributed by atoms with E-state index in [0.29, 0.717) is 0 Å². The molecule has 0 bridgehead atoms. The normalized spacial score (nSPS) is 32.2. The highest BCUT2D eigenvalue weighted by molar-refractivity contribution is 8.22. The Hall–Kier alpha value is 2.10. The second kappa shape index (κ2) is 4.89. The highest BCUT2D eigenvalue weighted by Gasteiger charge is 2.34. The predicted octanol–water partition coefficient (Wildman–Crippen LogP) is 7.42. The van der Waals surface area contributed by atoms with E-state index < -0.39 is 18.5 Å². The molecule has 1 N–H and O–H groups in total. The molecule has 0 aliphatic carbocycles. The number of nitrogens with zero attached hydrogens (tertiary/aromatic N) is 3. The maximum Gasteiger partial charge on any atom is 0.257 e. The molecule has 0 aromatic carbocycles. The lowest BCUT2D eigenvalue weighted by Crippen LogP contribution is -2.31. The number of rotatable bonds is 1. The lowest BCUT2D eigenvalue weighted by molar-refractivity contribution is 0.529. The van der Waals surface area contributed by atoms with Crippen LogP contribution in [0.5, 0.6) is 0 Å². The van der Waals surface area contributed by atoms with Crippen molar-refractivity contribution in [2.24, 2.45) is 13.5 Å². The minimum atomic E-state index is -2.92. The van der Waals surface area contributed by atoms with Crippen molar-refractivity contribution < 1.29 is 0 Å². The molecule has 0 saturated carbocycles. The van der Waals surface area contributed by atoms with Gasteiger partial charge in [0.25, 0.3) is 11.8 Å². The zero-order chi connectivity index (χ0) is 12.8. The van der Waals surface area contributed by atoms with E-state index in [1.54, 1.807) is 0 Å². The van der Waals surface area contributed by atoms with Crippen molar-refractivity contribution in [1.82, 2.24) is 5.09 Å². The van der Waals surface area contributed by atoms with Gasteiger partial charge in [-0.05, 0) is 77.0 Å². The van der Waals surface area contributed by atoms with Crippen LogP contribution < -0.4 is 5.09 Å². The summed E-state index contributed by atoms with van der Waals surface area (Å²) in [6, 6.07) is 0. The molecule has 0 fully saturated rings. The van der Waals surface area contributed by atoms with Crippen molar-refractivity contribution in [3.05, 3.63) is 0 Å². The van der Waals surface area contributed by atoms with Gasteiger partial charge in [-0.15, -0.1) is 0 Å². The summed E-state index contributed by atoms with van der Waals surface area (Å²) < 4.78 is 11.9. The Kier molecular flexibility index (Phi) is 4.94. The quantitative estimate of drug-likeness (QED) is 0.470. The van der Waals surface area contributed by atoms with Gasteiger partial charge in [0.1, 0.15) is 0 Å². The first-order valence-corrected chi connectivity index (χ1v) is 13.6. The van der Waals surface area contributed by atoms with Crippen LogP contribution >= 0.6 is 74.7 Å². The molecule has 0 spiro atoms. The van der Waals surface area contributed by atoms with Crippen molar-refractivity contribution in [2.75, 3.05) is 0 Å². The van der Waals surface area contributed by atoms with Crippen molar-refractivity contribution >= 4 is 74.7 Å². The molecule has 96 valence electrons. The number of hydrogen-bond acceptors (Lipinski definition) is 4. The summed E-state index contributed by atoms with van der Waals surface area (Å²) in [6.07, 6.45) is 0. The third kappa shape index (κ3) is 5.39. The lowest BCUT2D eigenvalue weighted by Gasteiger charge is -2.29. The summed E-state index contributed by atoms with van der Waals surface area (Å²) in [4.78, 5) is 0. The van der Waals surface area contributed by atoms with Gasteiger partial charge in [0.05, 0.1) is 0 Å². The van der Waals surface area contributed by atoms with Gasteiger partial charge in [0.2, 0.25) is 6.71 Å². The van der Waals surface area contributed by atoms with Gasteiger partial charge in [-0.25, -0.2) is 5.09 Å². The van der Waals surface area contributed by atoms with Crippen LogP contribution in [0.4, 0.5) is 0 Å². The Morgan fingerprint density at radius 2 is 1.25 bits per heavy atom. The van der Waals surface area contributed by atoms with E-state index in [1.807, 2.05) is 20.8 Å². The summed E-state index contributed by atoms with van der Waals surface area (Å²) in [6.45, 7) is 2.97. The third-order valence-corrected chi connectivity index (χ3v) is 13.8. The van der Waals surface area contributed by atoms with Crippen LogP contribution in [0.1, 0.15) is 20.8 Å². The average molecular weight is 384 g/mol. The predicted molar refractivity (Wildman–Crippen MR) is 80.2 cm³/mol. The number of nitrogens with one attached hydrogen (secondary N) is 1. The van der Waals surface area contributed by atoms with Crippen LogP contribution in [0.25, 0.3) is 0 Å². The van der Waals surface area contributed by atoms with Crippen LogP contribution in [0.2, 0.25) is 0 Å².